The summed E-state index contributed by atoms with van der Waals surface area (Å²) in [6.45, 7) is 5.90. The van der Waals surface area contributed by atoms with Gasteiger partial charge in [0, 0.05) is 4.88 Å². The van der Waals surface area contributed by atoms with E-state index in [-0.39, 0.29) is 5.91 Å². The van der Waals surface area contributed by atoms with E-state index in [9.17, 15) is 4.79 Å². The molecular weight excluding hydrogens is 266 g/mol. The second kappa shape index (κ2) is 5.12. The van der Waals surface area contributed by atoms with Crippen LogP contribution in [0, 0.1) is 20.8 Å². The number of nitrogens with one attached hydrogen (secondary N) is 1. The van der Waals surface area contributed by atoms with Crippen LogP contribution in [-0.4, -0.2) is 5.91 Å². The van der Waals surface area contributed by atoms with Crippen molar-refractivity contribution in [3.8, 4) is 0 Å². The molecular formula is C14H14ClNOS. The number of anilines is 1. The minimum atomic E-state index is -0.109. The summed E-state index contributed by atoms with van der Waals surface area (Å²) >= 11 is 7.64. The van der Waals surface area contributed by atoms with E-state index in [4.69, 9.17) is 11.6 Å². The highest BCUT2D eigenvalue weighted by atomic mass is 35.5. The Morgan fingerprint density at radius 2 is 1.94 bits per heavy atom. The van der Waals surface area contributed by atoms with Crippen molar-refractivity contribution in [1.82, 2.24) is 0 Å². The first-order valence-electron chi connectivity index (χ1n) is 5.62. The minimum Gasteiger partial charge on any atom is -0.320 e. The molecule has 0 aliphatic carbocycles. The lowest BCUT2D eigenvalue weighted by molar-refractivity contribution is 0.103. The number of thiophene rings is 1. The van der Waals surface area contributed by atoms with Gasteiger partial charge in [0.15, 0.2) is 0 Å². The van der Waals surface area contributed by atoms with Gasteiger partial charge >= 0.3 is 0 Å². The number of aryl methyl sites for hydroxylation is 3. The van der Waals surface area contributed by atoms with Gasteiger partial charge in [0.2, 0.25) is 0 Å². The lowest BCUT2D eigenvalue weighted by Crippen LogP contribution is -2.11. The Labute approximate surface area is 116 Å². The molecule has 0 spiro atoms. The zero-order valence-electron chi connectivity index (χ0n) is 10.5. The van der Waals surface area contributed by atoms with E-state index < -0.39 is 0 Å². The smallest absolute Gasteiger partial charge is 0.265 e. The molecule has 0 atom stereocenters. The fourth-order valence-electron chi connectivity index (χ4n) is 1.81. The van der Waals surface area contributed by atoms with Crippen molar-refractivity contribution in [2.24, 2.45) is 0 Å². The van der Waals surface area contributed by atoms with Gasteiger partial charge in [-0.2, -0.15) is 0 Å². The van der Waals surface area contributed by atoms with E-state index in [2.05, 4.69) is 5.32 Å². The molecule has 1 N–H and O–H groups in total. The maximum absolute atomic E-state index is 12.1. The van der Waals surface area contributed by atoms with E-state index in [1.165, 1.54) is 11.3 Å². The van der Waals surface area contributed by atoms with Gasteiger partial charge < -0.3 is 5.32 Å². The third-order valence-electron chi connectivity index (χ3n) is 2.63. The molecule has 0 aliphatic rings. The fraction of sp³-hybridized carbons (Fsp3) is 0.214. The Morgan fingerprint density at radius 1 is 1.22 bits per heavy atom. The molecule has 94 valence electrons. The van der Waals surface area contributed by atoms with Gasteiger partial charge in [-0.3, -0.25) is 4.79 Å². The maximum Gasteiger partial charge on any atom is 0.265 e. The number of amides is 1. The number of hydrogen-bond acceptors (Lipinski definition) is 2. The van der Waals surface area contributed by atoms with Crippen molar-refractivity contribution >= 4 is 34.5 Å². The highest BCUT2D eigenvalue weighted by Gasteiger charge is 2.12. The summed E-state index contributed by atoms with van der Waals surface area (Å²) in [6.07, 6.45) is 0. The van der Waals surface area contributed by atoms with E-state index in [0.717, 1.165) is 16.0 Å². The van der Waals surface area contributed by atoms with Crippen molar-refractivity contribution in [1.29, 1.82) is 0 Å². The average Bonchev–Trinajstić information content (AvgIpc) is 2.70. The topological polar surface area (TPSA) is 29.1 Å². The molecule has 0 saturated heterocycles. The molecule has 0 unspecified atom stereocenters. The average molecular weight is 280 g/mol. The van der Waals surface area contributed by atoms with Gasteiger partial charge in [0.05, 0.1) is 15.6 Å². The molecule has 0 radical (unpaired) electrons. The predicted molar refractivity (Wildman–Crippen MR) is 77.9 cm³/mol. The van der Waals surface area contributed by atoms with E-state index in [1.807, 2.05) is 45.0 Å². The zero-order valence-corrected chi connectivity index (χ0v) is 12.1. The second-order valence-electron chi connectivity index (χ2n) is 4.30. The summed E-state index contributed by atoms with van der Waals surface area (Å²) in [5.74, 6) is -0.109. The Balaban J connectivity index is 2.27. The van der Waals surface area contributed by atoms with Crippen LogP contribution in [0.5, 0.6) is 0 Å². The van der Waals surface area contributed by atoms with E-state index in [1.54, 1.807) is 0 Å². The van der Waals surface area contributed by atoms with Crippen LogP contribution in [0.15, 0.2) is 24.3 Å². The van der Waals surface area contributed by atoms with Crippen LogP contribution < -0.4 is 5.32 Å². The third kappa shape index (κ3) is 2.74. The highest BCUT2D eigenvalue weighted by Crippen LogP contribution is 2.28. The van der Waals surface area contributed by atoms with Crippen LogP contribution in [0.1, 0.15) is 25.7 Å². The summed E-state index contributed by atoms with van der Waals surface area (Å²) in [6, 6.07) is 7.61. The van der Waals surface area contributed by atoms with Crippen LogP contribution >= 0.6 is 22.9 Å². The molecule has 1 heterocycles. The monoisotopic (exact) mass is 279 g/mol. The van der Waals surface area contributed by atoms with Gasteiger partial charge in [-0.25, -0.2) is 0 Å². The molecule has 1 amide bonds. The molecule has 0 fully saturated rings. The molecule has 2 rings (SSSR count). The highest BCUT2D eigenvalue weighted by molar-refractivity contribution is 7.14. The van der Waals surface area contributed by atoms with Gasteiger partial charge in [-0.05, 0) is 50.1 Å². The zero-order chi connectivity index (χ0) is 13.3. The largest absolute Gasteiger partial charge is 0.320 e. The van der Waals surface area contributed by atoms with E-state index >= 15 is 0 Å². The number of carbonyl (C=O) groups excluding carboxylic acids is 1. The molecule has 0 aliphatic heterocycles. The summed E-state index contributed by atoms with van der Waals surface area (Å²) < 4.78 is 0. The number of hydrogen-bond donors (Lipinski definition) is 1. The number of halogens is 1. The normalized spacial score (nSPS) is 10.4. The van der Waals surface area contributed by atoms with Gasteiger partial charge in [0.25, 0.3) is 5.91 Å². The summed E-state index contributed by atoms with van der Waals surface area (Å²) in [7, 11) is 0. The van der Waals surface area contributed by atoms with Crippen molar-refractivity contribution in [2.45, 2.75) is 20.8 Å². The third-order valence-corrected chi connectivity index (χ3v) is 3.93. The second-order valence-corrected chi connectivity index (χ2v) is 6.00. The lowest BCUT2D eigenvalue weighted by Gasteiger charge is -2.10. The molecule has 4 heteroatoms. The number of benzene rings is 1. The summed E-state index contributed by atoms with van der Waals surface area (Å²) in [4.78, 5) is 13.9. The SMILES string of the molecule is Cc1cc(C)c(NC(=O)c2ccc(C)s2)c(Cl)c1. The van der Waals surface area contributed by atoms with Crippen molar-refractivity contribution in [2.75, 3.05) is 5.32 Å². The summed E-state index contributed by atoms with van der Waals surface area (Å²) in [5.41, 5.74) is 2.75. The number of carbonyl (C=O) groups is 1. The van der Waals surface area contributed by atoms with Gasteiger partial charge in [-0.15, -0.1) is 11.3 Å². The number of rotatable bonds is 2. The standard InChI is InChI=1S/C14H14ClNOS/c1-8-6-9(2)13(11(15)7-8)16-14(17)12-5-4-10(3)18-12/h4-7H,1-3H3,(H,16,17). The van der Waals surface area contributed by atoms with Crippen molar-refractivity contribution < 1.29 is 4.79 Å². The van der Waals surface area contributed by atoms with Crippen molar-refractivity contribution in [3.05, 3.63) is 50.2 Å². The Morgan fingerprint density at radius 3 is 2.50 bits per heavy atom. The Hall–Kier alpha value is -1.32. The van der Waals surface area contributed by atoms with Crippen LogP contribution in [-0.2, 0) is 0 Å². The van der Waals surface area contributed by atoms with Crippen LogP contribution in [0.2, 0.25) is 5.02 Å². The molecule has 1 aromatic heterocycles. The van der Waals surface area contributed by atoms with E-state index in [0.29, 0.717) is 15.6 Å². The first kappa shape index (κ1) is 13.1. The molecule has 1 aromatic carbocycles. The molecule has 2 nitrogen and oxygen atoms in total. The predicted octanol–water partition coefficient (Wildman–Crippen LogP) is 4.58. The van der Waals surface area contributed by atoms with Crippen LogP contribution in [0.3, 0.4) is 0 Å². The van der Waals surface area contributed by atoms with Crippen LogP contribution in [0.25, 0.3) is 0 Å². The minimum absolute atomic E-state index is 0.109. The summed E-state index contributed by atoms with van der Waals surface area (Å²) in [5, 5.41) is 3.45. The Bertz CT molecular complexity index is 581. The molecule has 2 aromatic rings. The van der Waals surface area contributed by atoms with Gasteiger partial charge in [-0.1, -0.05) is 17.7 Å². The Kier molecular flexibility index (Phi) is 3.73. The molecule has 18 heavy (non-hydrogen) atoms. The quantitative estimate of drug-likeness (QED) is 0.857. The lowest BCUT2D eigenvalue weighted by atomic mass is 10.1. The van der Waals surface area contributed by atoms with Gasteiger partial charge in [0.1, 0.15) is 0 Å². The van der Waals surface area contributed by atoms with Crippen LogP contribution in [0.4, 0.5) is 5.69 Å². The molecule has 0 bridgehead atoms. The molecule has 0 saturated carbocycles. The first-order chi connectivity index (χ1) is 8.47. The maximum atomic E-state index is 12.1. The first-order valence-corrected chi connectivity index (χ1v) is 6.81. The fourth-order valence-corrected chi connectivity index (χ4v) is 2.94. The van der Waals surface area contributed by atoms with Crippen molar-refractivity contribution in [3.63, 3.8) is 0 Å².